The molecule has 0 bridgehead atoms. The van der Waals surface area contributed by atoms with Crippen LogP contribution < -0.4 is 0 Å². The minimum absolute atomic E-state index is 0.311. The Hall–Kier alpha value is -2.92. The standard InChI is InChI=1S/C19H14N2O2S/c1-12-15(13-8-4-2-5-9-13)20-19-21(12)16(17(24-19)18(22)23)14-10-6-3-7-11-14/h2-11H,1H3,(H,22,23). The van der Waals surface area contributed by atoms with Crippen molar-refractivity contribution in [3.8, 4) is 22.5 Å². The van der Waals surface area contributed by atoms with Gasteiger partial charge in [-0.1, -0.05) is 72.0 Å². The van der Waals surface area contributed by atoms with Gasteiger partial charge in [0.25, 0.3) is 0 Å². The van der Waals surface area contributed by atoms with Crippen molar-refractivity contribution in [3.63, 3.8) is 0 Å². The maximum absolute atomic E-state index is 11.7. The zero-order chi connectivity index (χ0) is 16.7. The van der Waals surface area contributed by atoms with Crippen LogP contribution in [0.4, 0.5) is 0 Å². The van der Waals surface area contributed by atoms with Gasteiger partial charge < -0.3 is 5.11 Å². The van der Waals surface area contributed by atoms with Gasteiger partial charge in [-0.05, 0) is 6.92 Å². The Morgan fingerprint density at radius 1 is 1.00 bits per heavy atom. The fourth-order valence-corrected chi connectivity index (χ4v) is 3.95. The molecule has 2 heterocycles. The van der Waals surface area contributed by atoms with E-state index in [1.54, 1.807) is 0 Å². The van der Waals surface area contributed by atoms with Crippen molar-refractivity contribution < 1.29 is 9.90 Å². The van der Waals surface area contributed by atoms with E-state index in [-0.39, 0.29) is 0 Å². The van der Waals surface area contributed by atoms with E-state index in [0.717, 1.165) is 22.5 Å². The minimum Gasteiger partial charge on any atom is -0.477 e. The summed E-state index contributed by atoms with van der Waals surface area (Å²) in [6.07, 6.45) is 0. The number of carboxylic acids is 1. The van der Waals surface area contributed by atoms with E-state index in [0.29, 0.717) is 15.5 Å². The summed E-state index contributed by atoms with van der Waals surface area (Å²) in [7, 11) is 0. The molecule has 5 heteroatoms. The van der Waals surface area contributed by atoms with Crippen LogP contribution in [0, 0.1) is 6.92 Å². The summed E-state index contributed by atoms with van der Waals surface area (Å²) in [5, 5.41) is 9.59. The van der Waals surface area contributed by atoms with Gasteiger partial charge in [-0.15, -0.1) is 0 Å². The summed E-state index contributed by atoms with van der Waals surface area (Å²) in [4.78, 5) is 17.4. The van der Waals surface area contributed by atoms with E-state index < -0.39 is 5.97 Å². The molecule has 4 nitrogen and oxygen atoms in total. The number of aromatic carboxylic acids is 1. The highest BCUT2D eigenvalue weighted by Crippen LogP contribution is 2.36. The molecule has 4 aromatic rings. The molecule has 0 radical (unpaired) electrons. The molecule has 0 atom stereocenters. The van der Waals surface area contributed by atoms with Crippen molar-refractivity contribution in [2.45, 2.75) is 6.92 Å². The van der Waals surface area contributed by atoms with Crippen LogP contribution in [0.25, 0.3) is 27.5 Å². The zero-order valence-electron chi connectivity index (χ0n) is 12.9. The van der Waals surface area contributed by atoms with Crippen molar-refractivity contribution in [2.75, 3.05) is 0 Å². The van der Waals surface area contributed by atoms with Gasteiger partial charge in [0.05, 0.1) is 11.4 Å². The van der Waals surface area contributed by atoms with E-state index in [9.17, 15) is 9.90 Å². The molecule has 0 aliphatic carbocycles. The lowest BCUT2D eigenvalue weighted by Crippen LogP contribution is -1.99. The molecule has 4 rings (SSSR count). The van der Waals surface area contributed by atoms with Gasteiger partial charge in [-0.3, -0.25) is 4.40 Å². The molecule has 0 fully saturated rings. The van der Waals surface area contributed by atoms with E-state index in [2.05, 4.69) is 4.98 Å². The molecular weight excluding hydrogens is 320 g/mol. The third-order valence-electron chi connectivity index (χ3n) is 4.00. The number of aryl methyl sites for hydroxylation is 1. The Labute approximate surface area is 142 Å². The topological polar surface area (TPSA) is 54.6 Å². The Balaban J connectivity index is 2.04. The van der Waals surface area contributed by atoms with Gasteiger partial charge in [0.2, 0.25) is 0 Å². The second-order valence-electron chi connectivity index (χ2n) is 5.48. The lowest BCUT2D eigenvalue weighted by Gasteiger charge is -2.05. The number of nitrogens with zero attached hydrogens (tertiary/aromatic N) is 2. The first-order valence-corrected chi connectivity index (χ1v) is 8.34. The van der Waals surface area contributed by atoms with E-state index in [4.69, 9.17) is 0 Å². The summed E-state index contributed by atoms with van der Waals surface area (Å²) < 4.78 is 1.95. The van der Waals surface area contributed by atoms with Gasteiger partial charge >= 0.3 is 5.97 Å². The third-order valence-corrected chi connectivity index (χ3v) is 5.03. The van der Waals surface area contributed by atoms with Crippen LogP contribution in [0.1, 0.15) is 15.4 Å². The fourth-order valence-electron chi connectivity index (χ4n) is 2.92. The van der Waals surface area contributed by atoms with Gasteiger partial charge in [-0.2, -0.15) is 0 Å². The van der Waals surface area contributed by atoms with Gasteiger partial charge in [0.1, 0.15) is 4.88 Å². The van der Waals surface area contributed by atoms with Crippen molar-refractivity contribution >= 4 is 22.3 Å². The predicted molar refractivity (Wildman–Crippen MR) is 95.6 cm³/mol. The lowest BCUT2D eigenvalue weighted by molar-refractivity contribution is 0.0702. The molecule has 0 saturated heterocycles. The molecule has 0 aliphatic heterocycles. The largest absolute Gasteiger partial charge is 0.477 e. The van der Waals surface area contributed by atoms with Crippen LogP contribution in [-0.2, 0) is 0 Å². The number of benzene rings is 2. The molecule has 118 valence electrons. The van der Waals surface area contributed by atoms with Crippen LogP contribution in [0.5, 0.6) is 0 Å². The molecule has 24 heavy (non-hydrogen) atoms. The molecule has 2 aromatic carbocycles. The van der Waals surface area contributed by atoms with Crippen LogP contribution >= 0.6 is 11.3 Å². The summed E-state index contributed by atoms with van der Waals surface area (Å²) in [5.41, 5.74) is 4.42. The number of hydrogen-bond donors (Lipinski definition) is 1. The summed E-state index contributed by atoms with van der Waals surface area (Å²) >= 11 is 1.21. The Kier molecular flexibility index (Phi) is 3.43. The second kappa shape index (κ2) is 5.62. The normalized spacial score (nSPS) is 11.0. The van der Waals surface area contributed by atoms with Crippen molar-refractivity contribution in [3.05, 3.63) is 71.2 Å². The highest BCUT2D eigenvalue weighted by atomic mass is 32.1. The monoisotopic (exact) mass is 334 g/mol. The van der Waals surface area contributed by atoms with Crippen LogP contribution in [0.15, 0.2) is 60.7 Å². The molecule has 0 aliphatic rings. The van der Waals surface area contributed by atoms with Gasteiger partial charge in [0.15, 0.2) is 4.96 Å². The van der Waals surface area contributed by atoms with Crippen molar-refractivity contribution in [1.29, 1.82) is 0 Å². The van der Waals surface area contributed by atoms with E-state index in [1.807, 2.05) is 72.0 Å². The highest BCUT2D eigenvalue weighted by molar-refractivity contribution is 7.19. The quantitative estimate of drug-likeness (QED) is 0.589. The molecular formula is C19H14N2O2S. The second-order valence-corrected chi connectivity index (χ2v) is 6.46. The number of carboxylic acid groups (broad SMARTS) is 1. The number of hydrogen-bond acceptors (Lipinski definition) is 3. The summed E-state index contributed by atoms with van der Waals surface area (Å²) in [6.45, 7) is 1.98. The van der Waals surface area contributed by atoms with Gasteiger partial charge in [-0.25, -0.2) is 9.78 Å². The molecule has 2 aromatic heterocycles. The number of thiazole rings is 1. The average Bonchev–Trinajstić information content (AvgIpc) is 3.14. The first kappa shape index (κ1) is 14.7. The molecule has 0 amide bonds. The Morgan fingerprint density at radius 3 is 2.17 bits per heavy atom. The summed E-state index contributed by atoms with van der Waals surface area (Å²) in [6, 6.07) is 19.5. The zero-order valence-corrected chi connectivity index (χ0v) is 13.7. The number of imidazole rings is 1. The Bertz CT molecular complexity index is 1030. The summed E-state index contributed by atoms with van der Waals surface area (Å²) in [5.74, 6) is -0.926. The van der Waals surface area contributed by atoms with Crippen LogP contribution in [-0.4, -0.2) is 20.5 Å². The fraction of sp³-hybridized carbons (Fsp3) is 0.0526. The number of carbonyl (C=O) groups is 1. The predicted octanol–water partition coefficient (Wildman–Crippen LogP) is 4.74. The maximum atomic E-state index is 11.7. The first-order chi connectivity index (χ1) is 11.7. The molecule has 1 N–H and O–H groups in total. The van der Waals surface area contributed by atoms with E-state index >= 15 is 0 Å². The van der Waals surface area contributed by atoms with Crippen molar-refractivity contribution in [1.82, 2.24) is 9.38 Å². The SMILES string of the molecule is Cc1c(-c2ccccc2)nc2sc(C(=O)O)c(-c3ccccc3)n12. The first-order valence-electron chi connectivity index (χ1n) is 7.53. The minimum atomic E-state index is -0.926. The lowest BCUT2D eigenvalue weighted by atomic mass is 10.1. The van der Waals surface area contributed by atoms with Crippen molar-refractivity contribution in [2.24, 2.45) is 0 Å². The third kappa shape index (κ3) is 2.21. The average molecular weight is 334 g/mol. The van der Waals surface area contributed by atoms with Crippen LogP contribution in [0.2, 0.25) is 0 Å². The van der Waals surface area contributed by atoms with Gasteiger partial charge in [0, 0.05) is 16.8 Å². The number of rotatable bonds is 3. The number of aromatic nitrogens is 2. The highest BCUT2D eigenvalue weighted by Gasteiger charge is 2.23. The van der Waals surface area contributed by atoms with Crippen LogP contribution in [0.3, 0.4) is 0 Å². The number of fused-ring (bicyclic) bond motifs is 1. The Morgan fingerprint density at radius 2 is 1.58 bits per heavy atom. The van der Waals surface area contributed by atoms with E-state index in [1.165, 1.54) is 11.3 Å². The smallest absolute Gasteiger partial charge is 0.348 e. The molecule has 0 spiro atoms. The maximum Gasteiger partial charge on any atom is 0.348 e. The molecule has 0 saturated carbocycles. The molecule has 0 unspecified atom stereocenters.